The summed E-state index contributed by atoms with van der Waals surface area (Å²) in [5.41, 5.74) is 2.28. The summed E-state index contributed by atoms with van der Waals surface area (Å²) in [6.45, 7) is 5.24. The maximum Gasteiger partial charge on any atom is 0.283 e. The monoisotopic (exact) mass is 530 g/mol. The lowest BCUT2D eigenvalue weighted by Crippen LogP contribution is -2.35. The average molecular weight is 531 g/mol. The lowest BCUT2D eigenvalue weighted by atomic mass is 9.99. The molecule has 2 aliphatic rings. The minimum Gasteiger partial charge on any atom is -0.490 e. The van der Waals surface area contributed by atoms with E-state index in [9.17, 15) is 4.79 Å². The highest BCUT2D eigenvalue weighted by molar-refractivity contribution is 8.27. The van der Waals surface area contributed by atoms with Crippen LogP contribution >= 0.6 is 23.1 Å². The Morgan fingerprint density at radius 1 is 1.03 bits per heavy atom. The number of hydrogen-bond donors (Lipinski definition) is 1. The van der Waals surface area contributed by atoms with Crippen LogP contribution in [-0.2, 0) is 4.79 Å². The van der Waals surface area contributed by atoms with Gasteiger partial charge in [-0.05, 0) is 77.0 Å². The molecule has 1 aromatic heterocycles. The molecule has 5 rings (SSSR count). The second-order valence-electron chi connectivity index (χ2n) is 8.55. The third-order valence-electron chi connectivity index (χ3n) is 6.06. The van der Waals surface area contributed by atoms with Crippen molar-refractivity contribution in [2.45, 2.75) is 26.2 Å². The van der Waals surface area contributed by atoms with Crippen LogP contribution in [0.5, 0.6) is 11.5 Å². The lowest BCUT2D eigenvalue weighted by molar-refractivity contribution is -0.114. The third-order valence-corrected chi connectivity index (χ3v) is 8.01. The van der Waals surface area contributed by atoms with E-state index >= 15 is 0 Å². The molecule has 0 unspecified atom stereocenters. The van der Waals surface area contributed by atoms with Crippen molar-refractivity contribution in [2.24, 2.45) is 10.1 Å². The average Bonchev–Trinajstić information content (AvgIpc) is 3.60. The van der Waals surface area contributed by atoms with Gasteiger partial charge in [0.2, 0.25) is 5.17 Å². The van der Waals surface area contributed by atoms with Crippen molar-refractivity contribution in [3.8, 4) is 11.5 Å². The number of hydrazone groups is 1. The molecule has 7 nitrogen and oxygen atoms in total. The quantitative estimate of drug-likeness (QED) is 0.256. The molecule has 0 saturated carbocycles. The highest BCUT2D eigenvalue weighted by atomic mass is 32.2. The van der Waals surface area contributed by atoms with Gasteiger partial charge in [0.25, 0.3) is 5.91 Å². The first kappa shape index (κ1) is 25.0. The van der Waals surface area contributed by atoms with Crippen LogP contribution in [0.3, 0.4) is 0 Å². The summed E-state index contributed by atoms with van der Waals surface area (Å²) < 4.78 is 11.6. The van der Waals surface area contributed by atoms with Gasteiger partial charge in [0.1, 0.15) is 29.8 Å². The van der Waals surface area contributed by atoms with Crippen LogP contribution < -0.4 is 9.47 Å². The van der Waals surface area contributed by atoms with Crippen LogP contribution in [0.15, 0.2) is 81.7 Å². The molecule has 37 heavy (non-hydrogen) atoms. The molecular weight excluding hydrogens is 504 g/mol. The summed E-state index contributed by atoms with van der Waals surface area (Å²) >= 11 is 2.86. The van der Waals surface area contributed by atoms with E-state index in [0.717, 1.165) is 27.7 Å². The SMILES string of the molecule is CC[C@H](C)c1ccc(OCCOc2ccc(/C=C3/C(=N)N4N=C(c5cccs5)SC4=NC3=O)cc2)cc1. The number of ether oxygens (including phenoxy) is 2. The van der Waals surface area contributed by atoms with Crippen LogP contribution in [0.2, 0.25) is 0 Å². The smallest absolute Gasteiger partial charge is 0.283 e. The van der Waals surface area contributed by atoms with Gasteiger partial charge in [-0.2, -0.15) is 15.1 Å². The van der Waals surface area contributed by atoms with Crippen molar-refractivity contribution in [2.75, 3.05) is 13.2 Å². The molecule has 188 valence electrons. The standard InChI is InChI=1S/C28H26N4O3S2/c1-3-18(2)20-8-12-22(13-9-20)35-15-14-34-21-10-6-19(7-11-21)17-23-25(29)32-28(30-26(23)33)37-27(31-32)24-5-4-16-36-24/h4-13,16-18,29H,3,14-15H2,1-2H3/b23-17-,29-25?/t18-/m0/s1. The zero-order valence-corrected chi connectivity index (χ0v) is 22.1. The molecule has 2 aromatic carbocycles. The Labute approximate surface area is 224 Å². The first-order valence-electron chi connectivity index (χ1n) is 12.0. The fourth-order valence-corrected chi connectivity index (χ4v) is 5.45. The van der Waals surface area contributed by atoms with Crippen molar-refractivity contribution in [3.63, 3.8) is 0 Å². The van der Waals surface area contributed by atoms with Crippen LogP contribution in [0.25, 0.3) is 6.08 Å². The topological polar surface area (TPSA) is 87.3 Å². The van der Waals surface area contributed by atoms with Crippen molar-refractivity contribution >= 4 is 51.1 Å². The van der Waals surface area contributed by atoms with Crippen LogP contribution in [-0.4, -0.2) is 40.2 Å². The Kier molecular flexibility index (Phi) is 7.52. The van der Waals surface area contributed by atoms with E-state index in [1.165, 1.54) is 22.3 Å². The van der Waals surface area contributed by atoms with E-state index in [4.69, 9.17) is 14.9 Å². The molecule has 0 radical (unpaired) electrons. The summed E-state index contributed by atoms with van der Waals surface area (Å²) in [4.78, 5) is 17.8. The number of rotatable bonds is 9. The number of thiophene rings is 1. The largest absolute Gasteiger partial charge is 0.490 e. The number of amidine groups is 2. The Balaban J connectivity index is 1.16. The van der Waals surface area contributed by atoms with Crippen molar-refractivity contribution < 1.29 is 14.3 Å². The van der Waals surface area contributed by atoms with E-state index in [2.05, 4.69) is 36.1 Å². The van der Waals surface area contributed by atoms with Crippen molar-refractivity contribution in [1.29, 1.82) is 5.41 Å². The number of benzene rings is 2. The first-order valence-corrected chi connectivity index (χ1v) is 13.7. The summed E-state index contributed by atoms with van der Waals surface area (Å²) in [7, 11) is 0. The van der Waals surface area contributed by atoms with Crippen molar-refractivity contribution in [3.05, 3.63) is 87.6 Å². The van der Waals surface area contributed by atoms with Gasteiger partial charge >= 0.3 is 0 Å². The minimum atomic E-state index is -0.443. The van der Waals surface area contributed by atoms with Crippen LogP contribution in [0.1, 0.15) is 42.2 Å². The molecule has 1 amide bonds. The number of fused-ring (bicyclic) bond motifs is 1. The Bertz CT molecular complexity index is 1380. The normalized spacial score (nSPS) is 16.9. The number of thioether (sulfide) groups is 1. The number of hydrogen-bond acceptors (Lipinski definition) is 7. The zero-order valence-electron chi connectivity index (χ0n) is 20.5. The van der Waals surface area contributed by atoms with E-state index < -0.39 is 5.91 Å². The summed E-state index contributed by atoms with van der Waals surface area (Å²) in [6, 6.07) is 19.5. The lowest BCUT2D eigenvalue weighted by Gasteiger charge is -2.20. The molecule has 9 heteroatoms. The molecule has 0 spiro atoms. The zero-order chi connectivity index (χ0) is 25.8. The molecule has 1 N–H and O–H groups in total. The van der Waals surface area contributed by atoms with Gasteiger partial charge in [-0.1, -0.05) is 44.2 Å². The Hall–Kier alpha value is -3.69. The molecule has 0 fully saturated rings. The van der Waals surface area contributed by atoms with Gasteiger partial charge in [0, 0.05) is 0 Å². The van der Waals surface area contributed by atoms with E-state index in [1.807, 2.05) is 53.9 Å². The highest BCUT2D eigenvalue weighted by Gasteiger charge is 2.36. The number of carbonyl (C=O) groups excluding carboxylic acids is 1. The number of carbonyl (C=O) groups is 1. The maximum atomic E-state index is 12.6. The Morgan fingerprint density at radius 3 is 2.32 bits per heavy atom. The van der Waals surface area contributed by atoms with Gasteiger partial charge in [-0.15, -0.1) is 11.3 Å². The molecule has 3 aromatic rings. The first-order chi connectivity index (χ1) is 18.0. The molecule has 1 atom stereocenters. The van der Waals surface area contributed by atoms with Crippen LogP contribution in [0, 0.1) is 5.41 Å². The van der Waals surface area contributed by atoms with Crippen molar-refractivity contribution in [1.82, 2.24) is 5.01 Å². The van der Waals surface area contributed by atoms with Gasteiger partial charge in [0.15, 0.2) is 5.84 Å². The van der Waals surface area contributed by atoms with E-state index in [-0.39, 0.29) is 11.4 Å². The predicted molar refractivity (Wildman–Crippen MR) is 151 cm³/mol. The van der Waals surface area contributed by atoms with Gasteiger partial charge in [0.05, 0.1) is 10.5 Å². The maximum absolute atomic E-state index is 12.6. The number of amides is 1. The number of nitrogens with one attached hydrogen (secondary N) is 1. The fraction of sp³-hybridized carbons (Fsp3) is 0.214. The van der Waals surface area contributed by atoms with Gasteiger partial charge in [-0.3, -0.25) is 10.2 Å². The van der Waals surface area contributed by atoms with Crippen LogP contribution in [0.4, 0.5) is 0 Å². The molecule has 0 aliphatic carbocycles. The fourth-order valence-electron chi connectivity index (χ4n) is 3.77. The summed E-state index contributed by atoms with van der Waals surface area (Å²) in [5.74, 6) is 1.64. The number of aliphatic imine (C=N–C) groups is 1. The predicted octanol–water partition coefficient (Wildman–Crippen LogP) is 6.39. The molecular formula is C28H26N4O3S2. The third kappa shape index (κ3) is 5.68. The summed E-state index contributed by atoms with van der Waals surface area (Å²) in [6.07, 6.45) is 2.77. The summed E-state index contributed by atoms with van der Waals surface area (Å²) in [5, 5.41) is 17.6. The highest BCUT2D eigenvalue weighted by Crippen LogP contribution is 2.32. The second-order valence-corrected chi connectivity index (χ2v) is 10.5. The number of nitrogens with zero attached hydrogens (tertiary/aromatic N) is 3. The van der Waals surface area contributed by atoms with E-state index in [1.54, 1.807) is 17.4 Å². The van der Waals surface area contributed by atoms with E-state index in [0.29, 0.717) is 30.0 Å². The molecule has 0 saturated heterocycles. The van der Waals surface area contributed by atoms with Gasteiger partial charge in [-0.25, -0.2) is 0 Å². The Morgan fingerprint density at radius 2 is 1.70 bits per heavy atom. The molecule has 3 heterocycles. The molecule has 0 bridgehead atoms. The van der Waals surface area contributed by atoms with Gasteiger partial charge < -0.3 is 9.47 Å². The second kappa shape index (κ2) is 11.1. The minimum absolute atomic E-state index is 0.0173. The molecule has 2 aliphatic heterocycles.